The van der Waals surface area contributed by atoms with Crippen molar-refractivity contribution in [1.82, 2.24) is 0 Å². The van der Waals surface area contributed by atoms with Gasteiger partial charge >= 0.3 is 5.97 Å². The van der Waals surface area contributed by atoms with Gasteiger partial charge in [-0.2, -0.15) is 0 Å². The first-order valence-electron chi connectivity index (χ1n) is 3.59. The van der Waals surface area contributed by atoms with E-state index in [0.29, 0.717) is 17.1 Å². The van der Waals surface area contributed by atoms with Crippen LogP contribution in [0.2, 0.25) is 0 Å². The Morgan fingerprint density at radius 3 is 2.77 bits per heavy atom. The number of hydrogen-bond donors (Lipinski definition) is 3. The molecule has 0 fully saturated rings. The quantitative estimate of drug-likeness (QED) is 0.584. The number of carboxylic acids is 1. The number of carbonyl (C=O) groups is 1. The Labute approximate surface area is 74.9 Å². The lowest BCUT2D eigenvalue weighted by Crippen LogP contribution is -2.10. The number of rotatable bonds is 3. The molecule has 0 aliphatic rings. The van der Waals surface area contributed by atoms with Crippen molar-refractivity contribution in [1.29, 1.82) is 0 Å². The fraction of sp³-hybridized carbons (Fsp3) is 0.125. The summed E-state index contributed by atoms with van der Waals surface area (Å²) in [6, 6.07) is 4.66. The molecule has 1 rings (SSSR count). The van der Waals surface area contributed by atoms with Gasteiger partial charge in [-0.05, 0) is 12.1 Å². The number of nitrogens with two attached hydrogens (primary N) is 2. The number of nitrogen functional groups attached to an aromatic ring is 2. The molecule has 0 aliphatic carbocycles. The van der Waals surface area contributed by atoms with Gasteiger partial charge in [0.15, 0.2) is 6.61 Å². The molecular weight excluding hydrogens is 172 g/mol. The number of ether oxygens (including phenoxy) is 1. The highest BCUT2D eigenvalue weighted by Gasteiger charge is 2.03. The molecule has 0 atom stereocenters. The molecule has 0 amide bonds. The molecule has 0 spiro atoms. The molecule has 70 valence electrons. The highest BCUT2D eigenvalue weighted by Crippen LogP contribution is 2.23. The summed E-state index contributed by atoms with van der Waals surface area (Å²) in [6.45, 7) is -0.423. The number of hydrogen-bond acceptors (Lipinski definition) is 4. The Kier molecular flexibility index (Phi) is 2.59. The Balaban J connectivity index is 2.75. The highest BCUT2D eigenvalue weighted by atomic mass is 16.5. The van der Waals surface area contributed by atoms with Crippen LogP contribution in [0.4, 0.5) is 11.4 Å². The molecule has 1 aromatic rings. The summed E-state index contributed by atoms with van der Waals surface area (Å²) < 4.78 is 4.87. The maximum absolute atomic E-state index is 10.2. The molecule has 13 heavy (non-hydrogen) atoms. The van der Waals surface area contributed by atoms with Gasteiger partial charge in [0.05, 0.1) is 5.69 Å². The van der Waals surface area contributed by atoms with Crippen LogP contribution in [-0.2, 0) is 4.79 Å². The van der Waals surface area contributed by atoms with Gasteiger partial charge in [-0.25, -0.2) is 4.79 Å². The molecule has 0 bridgehead atoms. The molecule has 0 heterocycles. The van der Waals surface area contributed by atoms with Crippen molar-refractivity contribution in [2.45, 2.75) is 0 Å². The molecule has 0 saturated heterocycles. The summed E-state index contributed by atoms with van der Waals surface area (Å²) in [5.41, 5.74) is 11.8. The lowest BCUT2D eigenvalue weighted by Gasteiger charge is -2.06. The van der Waals surface area contributed by atoms with Gasteiger partial charge in [-0.3, -0.25) is 0 Å². The fourth-order valence-electron chi connectivity index (χ4n) is 0.815. The van der Waals surface area contributed by atoms with Crippen LogP contribution in [0.25, 0.3) is 0 Å². The molecule has 5 nitrogen and oxygen atoms in total. The van der Waals surface area contributed by atoms with Crippen LogP contribution in [-0.4, -0.2) is 17.7 Å². The summed E-state index contributed by atoms with van der Waals surface area (Å²) in [4.78, 5) is 10.2. The molecule has 0 unspecified atom stereocenters. The van der Waals surface area contributed by atoms with Crippen molar-refractivity contribution < 1.29 is 14.6 Å². The van der Waals surface area contributed by atoms with E-state index < -0.39 is 12.6 Å². The topological polar surface area (TPSA) is 98.6 Å². The van der Waals surface area contributed by atoms with Crippen LogP contribution in [0.3, 0.4) is 0 Å². The van der Waals surface area contributed by atoms with Crippen molar-refractivity contribution in [3.63, 3.8) is 0 Å². The molecule has 1 aromatic carbocycles. The zero-order chi connectivity index (χ0) is 9.84. The second kappa shape index (κ2) is 3.66. The predicted octanol–water partition coefficient (Wildman–Crippen LogP) is 0.314. The molecule has 0 aliphatic heterocycles. The summed E-state index contributed by atoms with van der Waals surface area (Å²) >= 11 is 0. The van der Waals surface area contributed by atoms with E-state index in [9.17, 15) is 4.79 Å². The SMILES string of the molecule is Nc1ccc(N)c(OCC(=O)O)c1. The van der Waals surface area contributed by atoms with Crippen LogP contribution < -0.4 is 16.2 Å². The molecule has 5 N–H and O–H groups in total. The minimum absolute atomic E-state index is 0.294. The molecule has 0 radical (unpaired) electrons. The monoisotopic (exact) mass is 182 g/mol. The number of anilines is 2. The lowest BCUT2D eigenvalue weighted by atomic mass is 10.2. The minimum atomic E-state index is -1.05. The van der Waals surface area contributed by atoms with Crippen molar-refractivity contribution in [2.75, 3.05) is 18.1 Å². The maximum Gasteiger partial charge on any atom is 0.341 e. The van der Waals surface area contributed by atoms with E-state index in [1.54, 1.807) is 12.1 Å². The third-order valence-electron chi connectivity index (χ3n) is 1.39. The normalized spacial score (nSPS) is 9.54. The smallest absolute Gasteiger partial charge is 0.341 e. The fourth-order valence-corrected chi connectivity index (χ4v) is 0.815. The summed E-state index contributed by atoms with van der Waals surface area (Å²) in [7, 11) is 0. The largest absolute Gasteiger partial charge is 0.480 e. The van der Waals surface area contributed by atoms with Crippen LogP contribution in [0, 0.1) is 0 Å². The molecule has 0 saturated carbocycles. The Hall–Kier alpha value is -1.91. The van der Waals surface area contributed by atoms with Gasteiger partial charge in [-0.1, -0.05) is 0 Å². The zero-order valence-electron chi connectivity index (χ0n) is 6.86. The first-order valence-corrected chi connectivity index (χ1v) is 3.59. The van der Waals surface area contributed by atoms with E-state index in [-0.39, 0.29) is 0 Å². The highest BCUT2D eigenvalue weighted by molar-refractivity contribution is 5.69. The average molecular weight is 182 g/mol. The van der Waals surface area contributed by atoms with Crippen molar-refractivity contribution in [3.8, 4) is 5.75 Å². The van der Waals surface area contributed by atoms with Gasteiger partial charge in [0, 0.05) is 11.8 Å². The third-order valence-corrected chi connectivity index (χ3v) is 1.39. The summed E-state index contributed by atoms with van der Waals surface area (Å²) in [5.74, 6) is -0.760. The summed E-state index contributed by atoms with van der Waals surface area (Å²) in [5, 5.41) is 8.34. The Bertz CT molecular complexity index is 325. The van der Waals surface area contributed by atoms with Crippen LogP contribution in [0.5, 0.6) is 5.75 Å². The van der Waals surface area contributed by atoms with E-state index in [2.05, 4.69) is 0 Å². The van der Waals surface area contributed by atoms with Gasteiger partial charge < -0.3 is 21.3 Å². The van der Waals surface area contributed by atoms with E-state index in [0.717, 1.165) is 0 Å². The van der Waals surface area contributed by atoms with Gasteiger partial charge in [0.25, 0.3) is 0 Å². The van der Waals surface area contributed by atoms with Crippen molar-refractivity contribution in [2.24, 2.45) is 0 Å². The lowest BCUT2D eigenvalue weighted by molar-refractivity contribution is -0.139. The Morgan fingerprint density at radius 2 is 2.15 bits per heavy atom. The second-order valence-electron chi connectivity index (χ2n) is 2.48. The zero-order valence-corrected chi connectivity index (χ0v) is 6.86. The number of aliphatic carboxylic acids is 1. The van der Waals surface area contributed by atoms with E-state index >= 15 is 0 Å². The van der Waals surface area contributed by atoms with E-state index in [1.807, 2.05) is 0 Å². The standard InChI is InChI=1S/C8H10N2O3/c9-5-1-2-6(10)7(3-5)13-4-8(11)12/h1-3H,4,9-10H2,(H,11,12). The van der Waals surface area contributed by atoms with Gasteiger partial charge in [-0.15, -0.1) is 0 Å². The second-order valence-corrected chi connectivity index (χ2v) is 2.48. The van der Waals surface area contributed by atoms with Crippen LogP contribution in [0.1, 0.15) is 0 Å². The van der Waals surface area contributed by atoms with Crippen LogP contribution >= 0.6 is 0 Å². The average Bonchev–Trinajstić information content (AvgIpc) is 2.06. The first-order chi connectivity index (χ1) is 6.09. The third kappa shape index (κ3) is 2.55. The van der Waals surface area contributed by atoms with Crippen molar-refractivity contribution in [3.05, 3.63) is 18.2 Å². The van der Waals surface area contributed by atoms with E-state index in [4.69, 9.17) is 21.3 Å². The number of carboxylic acid groups (broad SMARTS) is 1. The van der Waals surface area contributed by atoms with Crippen molar-refractivity contribution >= 4 is 17.3 Å². The van der Waals surface area contributed by atoms with Gasteiger partial charge in [0.2, 0.25) is 0 Å². The predicted molar refractivity (Wildman–Crippen MR) is 48.4 cm³/mol. The van der Waals surface area contributed by atoms with Gasteiger partial charge in [0.1, 0.15) is 5.75 Å². The molecule has 0 aromatic heterocycles. The molecular formula is C8H10N2O3. The maximum atomic E-state index is 10.2. The number of benzene rings is 1. The Morgan fingerprint density at radius 1 is 1.46 bits per heavy atom. The first kappa shape index (κ1) is 9.18. The van der Waals surface area contributed by atoms with E-state index in [1.165, 1.54) is 6.07 Å². The summed E-state index contributed by atoms with van der Waals surface area (Å²) in [6.07, 6.45) is 0. The van der Waals surface area contributed by atoms with Crippen LogP contribution in [0.15, 0.2) is 18.2 Å². The molecule has 5 heteroatoms. The minimum Gasteiger partial charge on any atom is -0.480 e.